The zero-order valence-corrected chi connectivity index (χ0v) is 12.5. The van der Waals surface area contributed by atoms with E-state index in [9.17, 15) is 4.39 Å². The Morgan fingerprint density at radius 1 is 1.25 bits per heavy atom. The molecule has 1 aromatic carbocycles. The van der Waals surface area contributed by atoms with Gasteiger partial charge >= 0.3 is 0 Å². The molecule has 2 fully saturated rings. The fraction of sp³-hybridized carbons (Fsp3) is 0.625. The summed E-state index contributed by atoms with van der Waals surface area (Å²) in [4.78, 5) is 2.45. The van der Waals surface area contributed by atoms with E-state index in [4.69, 9.17) is 11.6 Å². The molecule has 1 saturated heterocycles. The first kappa shape index (κ1) is 14.3. The average molecular weight is 297 g/mol. The van der Waals surface area contributed by atoms with Crippen molar-refractivity contribution in [2.75, 3.05) is 19.6 Å². The van der Waals surface area contributed by atoms with Gasteiger partial charge in [-0.15, -0.1) is 0 Å². The summed E-state index contributed by atoms with van der Waals surface area (Å²) in [6, 6.07) is 5.25. The van der Waals surface area contributed by atoms with E-state index < -0.39 is 0 Å². The number of hydrogen-bond acceptors (Lipinski definition) is 2. The van der Waals surface area contributed by atoms with Gasteiger partial charge < -0.3 is 5.32 Å². The van der Waals surface area contributed by atoms with E-state index in [0.29, 0.717) is 11.1 Å². The van der Waals surface area contributed by atoms with Crippen LogP contribution in [0, 0.1) is 11.7 Å². The van der Waals surface area contributed by atoms with Gasteiger partial charge in [0.1, 0.15) is 5.82 Å². The second kappa shape index (κ2) is 6.42. The molecule has 2 nitrogen and oxygen atoms in total. The van der Waals surface area contributed by atoms with Crippen molar-refractivity contribution in [3.63, 3.8) is 0 Å². The Hall–Kier alpha value is -0.640. The van der Waals surface area contributed by atoms with E-state index in [1.54, 1.807) is 12.1 Å². The topological polar surface area (TPSA) is 15.3 Å². The molecule has 1 unspecified atom stereocenters. The van der Waals surface area contributed by atoms with Gasteiger partial charge in [0.2, 0.25) is 0 Å². The predicted octanol–water partition coefficient (Wildman–Crippen LogP) is 3.44. The zero-order valence-electron chi connectivity index (χ0n) is 11.7. The summed E-state index contributed by atoms with van der Waals surface area (Å²) in [7, 11) is 0. The SMILES string of the molecule is Fc1ccc(Cl)c(CN(CC2CC2)CC2CCCN2)c1. The molecule has 0 radical (unpaired) electrons. The summed E-state index contributed by atoms with van der Waals surface area (Å²) in [6.45, 7) is 4.04. The van der Waals surface area contributed by atoms with E-state index in [1.807, 2.05) is 0 Å². The van der Waals surface area contributed by atoms with Gasteiger partial charge in [0.15, 0.2) is 0 Å². The smallest absolute Gasteiger partial charge is 0.123 e. The Morgan fingerprint density at radius 3 is 2.80 bits per heavy atom. The molecule has 1 atom stereocenters. The van der Waals surface area contributed by atoms with Crippen LogP contribution >= 0.6 is 11.6 Å². The number of hydrogen-bond donors (Lipinski definition) is 1. The van der Waals surface area contributed by atoms with Gasteiger partial charge in [-0.2, -0.15) is 0 Å². The third-order valence-electron chi connectivity index (χ3n) is 4.26. The Morgan fingerprint density at radius 2 is 2.10 bits per heavy atom. The second-order valence-electron chi connectivity index (χ2n) is 6.17. The maximum absolute atomic E-state index is 13.4. The summed E-state index contributed by atoms with van der Waals surface area (Å²) in [5.74, 6) is 0.638. The fourth-order valence-electron chi connectivity index (χ4n) is 3.00. The Kier molecular flexibility index (Phi) is 4.59. The highest BCUT2D eigenvalue weighted by atomic mass is 35.5. The van der Waals surface area contributed by atoms with Gasteiger partial charge in [-0.1, -0.05) is 11.6 Å². The molecule has 1 aliphatic heterocycles. The molecule has 2 aliphatic rings. The van der Waals surface area contributed by atoms with Crippen molar-refractivity contribution < 1.29 is 4.39 Å². The summed E-state index contributed by atoms with van der Waals surface area (Å²) in [5, 5.41) is 4.22. The lowest BCUT2D eigenvalue weighted by atomic mass is 10.1. The molecule has 1 aliphatic carbocycles. The van der Waals surface area contributed by atoms with Crippen LogP contribution < -0.4 is 5.32 Å². The van der Waals surface area contributed by atoms with Crippen molar-refractivity contribution in [1.29, 1.82) is 0 Å². The molecule has 20 heavy (non-hydrogen) atoms. The second-order valence-corrected chi connectivity index (χ2v) is 6.57. The van der Waals surface area contributed by atoms with Crippen molar-refractivity contribution in [1.82, 2.24) is 10.2 Å². The van der Waals surface area contributed by atoms with E-state index >= 15 is 0 Å². The van der Waals surface area contributed by atoms with E-state index in [1.165, 1.54) is 31.7 Å². The van der Waals surface area contributed by atoms with Gasteiger partial charge in [-0.05, 0) is 61.9 Å². The number of benzene rings is 1. The van der Waals surface area contributed by atoms with E-state index in [2.05, 4.69) is 10.2 Å². The minimum atomic E-state index is -0.199. The number of nitrogens with zero attached hydrogens (tertiary/aromatic N) is 1. The maximum Gasteiger partial charge on any atom is 0.123 e. The van der Waals surface area contributed by atoms with Crippen LogP contribution in [0.2, 0.25) is 5.02 Å². The lowest BCUT2D eigenvalue weighted by Gasteiger charge is -2.26. The van der Waals surface area contributed by atoms with Crippen LogP contribution in [-0.4, -0.2) is 30.6 Å². The van der Waals surface area contributed by atoms with Crippen molar-refractivity contribution in [2.24, 2.45) is 5.92 Å². The van der Waals surface area contributed by atoms with Crippen LogP contribution in [-0.2, 0) is 6.54 Å². The van der Waals surface area contributed by atoms with Crippen LogP contribution in [0.25, 0.3) is 0 Å². The van der Waals surface area contributed by atoms with Gasteiger partial charge in [0.25, 0.3) is 0 Å². The minimum Gasteiger partial charge on any atom is -0.313 e. The molecule has 0 aromatic heterocycles. The molecule has 4 heteroatoms. The summed E-state index contributed by atoms with van der Waals surface area (Å²) >= 11 is 6.20. The Bertz CT molecular complexity index is 456. The molecule has 1 heterocycles. The summed E-state index contributed by atoms with van der Waals surface area (Å²) in [5.41, 5.74) is 0.908. The molecular weight excluding hydrogens is 275 g/mol. The molecule has 0 spiro atoms. The minimum absolute atomic E-state index is 0.199. The highest BCUT2D eigenvalue weighted by Gasteiger charge is 2.26. The van der Waals surface area contributed by atoms with E-state index in [0.717, 1.165) is 37.7 Å². The third kappa shape index (κ3) is 3.94. The first-order chi connectivity index (χ1) is 9.70. The molecule has 0 bridgehead atoms. The van der Waals surface area contributed by atoms with Gasteiger partial charge in [0.05, 0.1) is 0 Å². The molecule has 110 valence electrons. The highest BCUT2D eigenvalue weighted by Crippen LogP contribution is 2.31. The average Bonchev–Trinajstić information content (AvgIpc) is 3.08. The van der Waals surface area contributed by atoms with Gasteiger partial charge in [0, 0.05) is 30.7 Å². The van der Waals surface area contributed by atoms with Crippen LogP contribution in [0.3, 0.4) is 0 Å². The van der Waals surface area contributed by atoms with Crippen molar-refractivity contribution >= 4 is 11.6 Å². The largest absolute Gasteiger partial charge is 0.313 e. The van der Waals surface area contributed by atoms with Gasteiger partial charge in [-0.25, -0.2) is 4.39 Å². The standard InChI is InChI=1S/C16H22ClFN2/c17-16-6-5-14(18)8-13(16)10-20(9-12-3-4-12)11-15-2-1-7-19-15/h5-6,8,12,15,19H,1-4,7,9-11H2. The van der Waals surface area contributed by atoms with Crippen LogP contribution in [0.1, 0.15) is 31.2 Å². The number of rotatable bonds is 6. The lowest BCUT2D eigenvalue weighted by molar-refractivity contribution is 0.231. The molecule has 3 rings (SSSR count). The van der Waals surface area contributed by atoms with Crippen molar-refractivity contribution in [3.8, 4) is 0 Å². The first-order valence-electron chi connectivity index (χ1n) is 7.60. The van der Waals surface area contributed by atoms with Gasteiger partial charge in [-0.3, -0.25) is 4.90 Å². The van der Waals surface area contributed by atoms with Crippen molar-refractivity contribution in [3.05, 3.63) is 34.6 Å². The predicted molar refractivity (Wildman–Crippen MR) is 80.4 cm³/mol. The van der Waals surface area contributed by atoms with E-state index in [-0.39, 0.29) is 5.82 Å². The van der Waals surface area contributed by atoms with Crippen molar-refractivity contribution in [2.45, 2.75) is 38.3 Å². The number of nitrogens with one attached hydrogen (secondary N) is 1. The van der Waals surface area contributed by atoms with Crippen LogP contribution in [0.5, 0.6) is 0 Å². The van der Waals surface area contributed by atoms with Crippen LogP contribution in [0.15, 0.2) is 18.2 Å². The fourth-order valence-corrected chi connectivity index (χ4v) is 3.18. The molecular formula is C16H22ClFN2. The molecule has 1 N–H and O–H groups in total. The maximum atomic E-state index is 13.4. The first-order valence-corrected chi connectivity index (χ1v) is 7.98. The Balaban J connectivity index is 1.65. The Labute approximate surface area is 125 Å². The quantitative estimate of drug-likeness (QED) is 0.865. The molecule has 1 aromatic rings. The highest BCUT2D eigenvalue weighted by molar-refractivity contribution is 6.31. The molecule has 1 saturated carbocycles. The third-order valence-corrected chi connectivity index (χ3v) is 4.62. The zero-order chi connectivity index (χ0) is 13.9. The molecule has 0 amide bonds. The number of halogens is 2. The normalized spacial score (nSPS) is 22.6. The van der Waals surface area contributed by atoms with Crippen LogP contribution in [0.4, 0.5) is 4.39 Å². The summed E-state index contributed by atoms with van der Waals surface area (Å²) < 4.78 is 13.4. The lowest BCUT2D eigenvalue weighted by Crippen LogP contribution is -2.38. The summed E-state index contributed by atoms with van der Waals surface area (Å²) in [6.07, 6.45) is 5.19. The monoisotopic (exact) mass is 296 g/mol.